The number of carbonyl (C=O) groups excluding carboxylic acids is 1. The normalized spacial score (nSPS) is 20.2. The number of nitrogens with zero attached hydrogens (tertiary/aromatic N) is 4. The molecule has 1 aromatic rings. The first-order valence-electron chi connectivity index (χ1n) is 10.1. The maximum atomic E-state index is 12.1. The van der Waals surface area contributed by atoms with Gasteiger partial charge in [-0.1, -0.05) is 12.1 Å². The van der Waals surface area contributed by atoms with Crippen molar-refractivity contribution in [1.82, 2.24) is 20.0 Å². The second-order valence-electron chi connectivity index (χ2n) is 7.76. The number of halogens is 1. The number of hydrogen-bond acceptors (Lipinski definition) is 3. The summed E-state index contributed by atoms with van der Waals surface area (Å²) in [6.45, 7) is 5.48. The first-order valence-corrected chi connectivity index (χ1v) is 10.1. The standard InChI is InChI=1S/C21H33N5O.HI/c1-22-21(26-14-10-19(16-26)25-12-4-5-13-25)23-11-9-17-7-6-8-18(15-17)20(27)24(2)3;/h6-8,15,19H,4-5,9-14,16H2,1-3H3,(H,22,23);1H. The third-order valence-corrected chi connectivity index (χ3v) is 5.61. The first-order chi connectivity index (χ1) is 13.1. The van der Waals surface area contributed by atoms with Gasteiger partial charge < -0.3 is 15.1 Å². The molecule has 2 aliphatic rings. The van der Waals surface area contributed by atoms with Crippen LogP contribution in [0.25, 0.3) is 0 Å². The van der Waals surface area contributed by atoms with E-state index in [2.05, 4.69) is 26.2 Å². The smallest absolute Gasteiger partial charge is 0.253 e. The lowest BCUT2D eigenvalue weighted by atomic mass is 10.1. The Hall–Kier alpha value is -1.35. The van der Waals surface area contributed by atoms with Gasteiger partial charge in [0.05, 0.1) is 0 Å². The SMILES string of the molecule is CN=C(NCCc1cccc(C(=O)N(C)C)c1)N1CCC(N2CCCC2)C1.I. The zero-order valence-corrected chi connectivity index (χ0v) is 19.7. The lowest BCUT2D eigenvalue weighted by molar-refractivity contribution is 0.0827. The van der Waals surface area contributed by atoms with E-state index in [1.807, 2.05) is 25.2 Å². The predicted octanol–water partition coefficient (Wildman–Crippen LogP) is 2.29. The number of benzene rings is 1. The summed E-state index contributed by atoms with van der Waals surface area (Å²) in [5.41, 5.74) is 1.91. The average molecular weight is 499 g/mol. The van der Waals surface area contributed by atoms with E-state index in [0.29, 0.717) is 6.04 Å². The fourth-order valence-corrected chi connectivity index (χ4v) is 4.11. The maximum absolute atomic E-state index is 12.1. The summed E-state index contributed by atoms with van der Waals surface area (Å²) in [7, 11) is 5.43. The van der Waals surface area contributed by atoms with E-state index < -0.39 is 0 Å². The van der Waals surface area contributed by atoms with Crippen LogP contribution in [0.15, 0.2) is 29.3 Å². The van der Waals surface area contributed by atoms with E-state index in [1.165, 1.54) is 37.9 Å². The van der Waals surface area contributed by atoms with Crippen LogP contribution in [0.2, 0.25) is 0 Å². The van der Waals surface area contributed by atoms with Gasteiger partial charge in [0.15, 0.2) is 5.96 Å². The Morgan fingerprint density at radius 1 is 1.25 bits per heavy atom. The second-order valence-corrected chi connectivity index (χ2v) is 7.76. The molecule has 1 amide bonds. The van der Waals surface area contributed by atoms with Gasteiger partial charge in [0.2, 0.25) is 0 Å². The number of aliphatic imine (C=N–C) groups is 1. The highest BCUT2D eigenvalue weighted by Crippen LogP contribution is 2.20. The number of likely N-dealkylation sites (tertiary alicyclic amines) is 2. The minimum absolute atomic E-state index is 0. The van der Waals surface area contributed by atoms with Crippen LogP contribution in [0.5, 0.6) is 0 Å². The summed E-state index contributed by atoms with van der Waals surface area (Å²) in [4.78, 5) is 23.2. The van der Waals surface area contributed by atoms with Crippen molar-refractivity contribution in [2.24, 2.45) is 4.99 Å². The molecule has 0 spiro atoms. The zero-order valence-electron chi connectivity index (χ0n) is 17.4. The molecule has 0 bridgehead atoms. The molecule has 0 aromatic heterocycles. The van der Waals surface area contributed by atoms with Crippen molar-refractivity contribution < 1.29 is 4.79 Å². The van der Waals surface area contributed by atoms with Crippen molar-refractivity contribution in [2.75, 3.05) is 53.9 Å². The monoisotopic (exact) mass is 499 g/mol. The van der Waals surface area contributed by atoms with Gasteiger partial charge >= 0.3 is 0 Å². The maximum Gasteiger partial charge on any atom is 0.253 e. The van der Waals surface area contributed by atoms with Crippen LogP contribution in [-0.2, 0) is 6.42 Å². The Bertz CT molecular complexity index is 673. The first kappa shape index (κ1) is 22.9. The summed E-state index contributed by atoms with van der Waals surface area (Å²) in [5, 5.41) is 3.50. The molecule has 2 saturated heterocycles. The molecule has 1 atom stereocenters. The van der Waals surface area contributed by atoms with Gasteiger partial charge in [0.25, 0.3) is 5.91 Å². The van der Waals surface area contributed by atoms with E-state index >= 15 is 0 Å². The summed E-state index contributed by atoms with van der Waals surface area (Å²) >= 11 is 0. The Labute approximate surface area is 186 Å². The van der Waals surface area contributed by atoms with E-state index in [9.17, 15) is 4.79 Å². The number of nitrogens with one attached hydrogen (secondary N) is 1. The minimum Gasteiger partial charge on any atom is -0.356 e. The van der Waals surface area contributed by atoms with Crippen LogP contribution in [0.4, 0.5) is 0 Å². The molecule has 3 rings (SSSR count). The summed E-state index contributed by atoms with van der Waals surface area (Å²) in [6.07, 6.45) is 4.80. The van der Waals surface area contributed by atoms with Crippen LogP contribution in [-0.4, -0.2) is 86.5 Å². The molecule has 6 nitrogen and oxygen atoms in total. The molecule has 1 unspecified atom stereocenters. The fourth-order valence-electron chi connectivity index (χ4n) is 4.11. The van der Waals surface area contributed by atoms with Crippen LogP contribution >= 0.6 is 24.0 Å². The summed E-state index contributed by atoms with van der Waals surface area (Å²) in [5.74, 6) is 1.04. The number of guanidine groups is 1. The average Bonchev–Trinajstić information content (AvgIpc) is 3.36. The topological polar surface area (TPSA) is 51.2 Å². The molecule has 0 saturated carbocycles. The van der Waals surface area contributed by atoms with Crippen molar-refractivity contribution in [1.29, 1.82) is 0 Å². The molecule has 1 aromatic carbocycles. The van der Waals surface area contributed by atoms with Gasteiger partial charge in [0.1, 0.15) is 0 Å². The lowest BCUT2D eigenvalue weighted by Crippen LogP contribution is -2.43. The number of carbonyl (C=O) groups is 1. The van der Waals surface area contributed by atoms with E-state index in [-0.39, 0.29) is 29.9 Å². The molecule has 2 heterocycles. The van der Waals surface area contributed by atoms with Crippen LogP contribution in [0.1, 0.15) is 35.2 Å². The third kappa shape index (κ3) is 5.83. The Kier molecular flexibility index (Phi) is 9.01. The number of amides is 1. The van der Waals surface area contributed by atoms with Crippen molar-refractivity contribution in [3.05, 3.63) is 35.4 Å². The minimum atomic E-state index is 0. The van der Waals surface area contributed by atoms with Crippen LogP contribution in [0, 0.1) is 0 Å². The molecule has 28 heavy (non-hydrogen) atoms. The summed E-state index contributed by atoms with van der Waals surface area (Å²) < 4.78 is 0. The molecule has 156 valence electrons. The van der Waals surface area contributed by atoms with Crippen molar-refractivity contribution in [3.8, 4) is 0 Å². The van der Waals surface area contributed by atoms with Gasteiger partial charge in [-0.2, -0.15) is 0 Å². The van der Waals surface area contributed by atoms with Crippen molar-refractivity contribution in [2.45, 2.75) is 31.7 Å². The second kappa shape index (κ2) is 11.0. The summed E-state index contributed by atoms with van der Waals surface area (Å²) in [6, 6.07) is 8.59. The fraction of sp³-hybridized carbons (Fsp3) is 0.619. The van der Waals surface area contributed by atoms with E-state index in [0.717, 1.165) is 37.6 Å². The van der Waals surface area contributed by atoms with Gasteiger partial charge in [-0.15, -0.1) is 24.0 Å². The van der Waals surface area contributed by atoms with E-state index in [4.69, 9.17) is 0 Å². The zero-order chi connectivity index (χ0) is 19.2. The molecule has 0 radical (unpaired) electrons. The van der Waals surface area contributed by atoms with Crippen molar-refractivity contribution >= 4 is 35.8 Å². The lowest BCUT2D eigenvalue weighted by Gasteiger charge is -2.25. The largest absolute Gasteiger partial charge is 0.356 e. The molecular weight excluding hydrogens is 465 g/mol. The van der Waals surface area contributed by atoms with Crippen LogP contribution in [0.3, 0.4) is 0 Å². The quantitative estimate of drug-likeness (QED) is 0.384. The molecular formula is C21H34IN5O. The highest BCUT2D eigenvalue weighted by molar-refractivity contribution is 14.0. The van der Waals surface area contributed by atoms with E-state index in [1.54, 1.807) is 19.0 Å². The Morgan fingerprint density at radius 3 is 2.68 bits per heavy atom. The Balaban J connectivity index is 0.00000280. The van der Waals surface area contributed by atoms with Crippen molar-refractivity contribution in [3.63, 3.8) is 0 Å². The van der Waals surface area contributed by atoms with Gasteiger partial charge in [-0.05, 0) is 56.5 Å². The number of hydrogen-bond donors (Lipinski definition) is 1. The number of rotatable bonds is 5. The van der Waals surface area contributed by atoms with Crippen LogP contribution < -0.4 is 5.32 Å². The van der Waals surface area contributed by atoms with Gasteiger partial charge in [0, 0.05) is 52.4 Å². The highest BCUT2D eigenvalue weighted by Gasteiger charge is 2.30. The molecule has 0 aliphatic carbocycles. The molecule has 2 aliphatic heterocycles. The predicted molar refractivity (Wildman–Crippen MR) is 126 cm³/mol. The van der Waals surface area contributed by atoms with Gasteiger partial charge in [-0.3, -0.25) is 14.7 Å². The van der Waals surface area contributed by atoms with Gasteiger partial charge in [-0.25, -0.2) is 0 Å². The molecule has 7 heteroatoms. The molecule has 1 N–H and O–H groups in total. The Morgan fingerprint density at radius 2 is 2.00 bits per heavy atom. The molecule has 2 fully saturated rings. The highest BCUT2D eigenvalue weighted by atomic mass is 127. The third-order valence-electron chi connectivity index (χ3n) is 5.61.